The lowest BCUT2D eigenvalue weighted by Gasteiger charge is -2.30. The van der Waals surface area contributed by atoms with Crippen molar-refractivity contribution in [2.75, 3.05) is 19.3 Å². The van der Waals surface area contributed by atoms with Crippen LogP contribution < -0.4 is 5.73 Å². The number of nitrogens with zero attached hydrogens (tertiary/aromatic N) is 2. The van der Waals surface area contributed by atoms with Gasteiger partial charge in [0.15, 0.2) is 0 Å². The predicted octanol–water partition coefficient (Wildman–Crippen LogP) is 1.15. The van der Waals surface area contributed by atoms with Gasteiger partial charge in [-0.1, -0.05) is 6.42 Å². The summed E-state index contributed by atoms with van der Waals surface area (Å²) in [5, 5.41) is 6.99. The number of nitrogen functional groups attached to an aromatic ring is 1. The van der Waals surface area contributed by atoms with Crippen molar-refractivity contribution in [1.82, 2.24) is 15.1 Å². The molecule has 3 N–H and O–H groups in total. The van der Waals surface area contributed by atoms with Crippen LogP contribution in [0.15, 0.2) is 6.07 Å². The Kier molecular flexibility index (Phi) is 2.22. The maximum Gasteiger partial charge on any atom is 0.119 e. The SMILES string of the molecule is CN1CCCCC1c1cc(N)[nH]n1. The number of anilines is 1. The standard InChI is InChI=1S/C9H16N4/c1-13-5-3-2-4-8(13)7-6-9(10)12-11-7/h6,8H,2-5H2,1H3,(H3,10,11,12). The van der Waals surface area contributed by atoms with E-state index in [-0.39, 0.29) is 0 Å². The Hall–Kier alpha value is -1.03. The molecule has 72 valence electrons. The Morgan fingerprint density at radius 1 is 1.62 bits per heavy atom. The fraction of sp³-hybridized carbons (Fsp3) is 0.667. The minimum Gasteiger partial charge on any atom is -0.384 e. The van der Waals surface area contributed by atoms with Crippen molar-refractivity contribution in [3.05, 3.63) is 11.8 Å². The van der Waals surface area contributed by atoms with E-state index in [0.717, 1.165) is 12.2 Å². The van der Waals surface area contributed by atoms with E-state index in [4.69, 9.17) is 5.73 Å². The summed E-state index contributed by atoms with van der Waals surface area (Å²) in [5.74, 6) is 0.661. The van der Waals surface area contributed by atoms with Crippen molar-refractivity contribution in [2.45, 2.75) is 25.3 Å². The molecule has 1 unspecified atom stereocenters. The van der Waals surface area contributed by atoms with Gasteiger partial charge in [-0.05, 0) is 26.4 Å². The third kappa shape index (κ3) is 1.67. The zero-order valence-corrected chi connectivity index (χ0v) is 7.95. The first kappa shape index (κ1) is 8.56. The largest absolute Gasteiger partial charge is 0.384 e. The van der Waals surface area contributed by atoms with Crippen molar-refractivity contribution in [3.8, 4) is 0 Å². The first-order valence-electron chi connectivity index (χ1n) is 4.78. The molecule has 1 aliphatic rings. The molecule has 4 nitrogen and oxygen atoms in total. The van der Waals surface area contributed by atoms with E-state index in [2.05, 4.69) is 22.1 Å². The number of aromatic amines is 1. The number of likely N-dealkylation sites (tertiary alicyclic amines) is 1. The number of H-pyrrole nitrogens is 1. The highest BCUT2D eigenvalue weighted by molar-refractivity contribution is 5.30. The molecule has 0 bridgehead atoms. The summed E-state index contributed by atoms with van der Waals surface area (Å²) in [6.07, 6.45) is 3.79. The average molecular weight is 180 g/mol. The zero-order valence-electron chi connectivity index (χ0n) is 7.95. The fourth-order valence-electron chi connectivity index (χ4n) is 1.97. The van der Waals surface area contributed by atoms with E-state index < -0.39 is 0 Å². The quantitative estimate of drug-likeness (QED) is 0.681. The molecule has 13 heavy (non-hydrogen) atoms. The highest BCUT2D eigenvalue weighted by atomic mass is 15.2. The first-order chi connectivity index (χ1) is 6.27. The summed E-state index contributed by atoms with van der Waals surface area (Å²) >= 11 is 0. The molecule has 0 saturated carbocycles. The van der Waals surface area contributed by atoms with Gasteiger partial charge in [-0.3, -0.25) is 10.00 Å². The average Bonchev–Trinajstić information content (AvgIpc) is 2.53. The van der Waals surface area contributed by atoms with Crippen LogP contribution in [0.4, 0.5) is 5.82 Å². The molecule has 1 saturated heterocycles. The minimum absolute atomic E-state index is 0.460. The smallest absolute Gasteiger partial charge is 0.119 e. The van der Waals surface area contributed by atoms with Crippen molar-refractivity contribution >= 4 is 5.82 Å². The third-order valence-corrected chi connectivity index (χ3v) is 2.73. The predicted molar refractivity (Wildman–Crippen MR) is 52.2 cm³/mol. The van der Waals surface area contributed by atoms with Crippen LogP contribution in [0.3, 0.4) is 0 Å². The van der Waals surface area contributed by atoms with Crippen LogP contribution in [-0.4, -0.2) is 28.7 Å². The van der Waals surface area contributed by atoms with Crippen LogP contribution in [0, 0.1) is 0 Å². The Morgan fingerprint density at radius 3 is 3.08 bits per heavy atom. The van der Waals surface area contributed by atoms with Crippen molar-refractivity contribution < 1.29 is 0 Å². The fourth-order valence-corrected chi connectivity index (χ4v) is 1.97. The van der Waals surface area contributed by atoms with Crippen LogP contribution >= 0.6 is 0 Å². The molecule has 1 fully saturated rings. The molecular formula is C9H16N4. The topological polar surface area (TPSA) is 57.9 Å². The van der Waals surface area contributed by atoms with E-state index in [1.807, 2.05) is 6.07 Å². The molecule has 1 aromatic heterocycles. The number of hydrogen-bond donors (Lipinski definition) is 2. The highest BCUT2D eigenvalue weighted by Gasteiger charge is 2.22. The van der Waals surface area contributed by atoms with E-state index in [1.165, 1.54) is 19.3 Å². The van der Waals surface area contributed by atoms with Gasteiger partial charge in [0.2, 0.25) is 0 Å². The van der Waals surface area contributed by atoms with Gasteiger partial charge in [0, 0.05) is 6.07 Å². The number of piperidine rings is 1. The van der Waals surface area contributed by atoms with Crippen molar-refractivity contribution in [3.63, 3.8) is 0 Å². The summed E-state index contributed by atoms with van der Waals surface area (Å²) in [7, 11) is 2.15. The Bertz CT molecular complexity index is 281. The lowest BCUT2D eigenvalue weighted by molar-refractivity contribution is 0.183. The monoisotopic (exact) mass is 180 g/mol. The second kappa shape index (κ2) is 3.38. The Labute approximate surface area is 78.1 Å². The zero-order chi connectivity index (χ0) is 9.26. The van der Waals surface area contributed by atoms with E-state index in [1.54, 1.807) is 0 Å². The minimum atomic E-state index is 0.460. The van der Waals surface area contributed by atoms with Gasteiger partial charge >= 0.3 is 0 Å². The Balaban J connectivity index is 2.14. The molecule has 4 heteroatoms. The molecule has 1 atom stereocenters. The van der Waals surface area contributed by atoms with Gasteiger partial charge in [0.1, 0.15) is 5.82 Å². The van der Waals surface area contributed by atoms with Crippen LogP contribution in [0.1, 0.15) is 31.0 Å². The second-order valence-corrected chi connectivity index (χ2v) is 3.74. The number of aromatic nitrogens is 2. The molecule has 0 aromatic carbocycles. The summed E-state index contributed by atoms with van der Waals surface area (Å²) in [6.45, 7) is 1.16. The third-order valence-electron chi connectivity index (χ3n) is 2.73. The van der Waals surface area contributed by atoms with Crippen LogP contribution in [0.2, 0.25) is 0 Å². The number of nitrogens with two attached hydrogens (primary N) is 1. The van der Waals surface area contributed by atoms with Crippen molar-refractivity contribution in [2.24, 2.45) is 0 Å². The van der Waals surface area contributed by atoms with E-state index >= 15 is 0 Å². The highest BCUT2D eigenvalue weighted by Crippen LogP contribution is 2.28. The number of hydrogen-bond acceptors (Lipinski definition) is 3. The molecule has 2 rings (SSSR count). The normalized spacial score (nSPS) is 24.8. The first-order valence-corrected chi connectivity index (χ1v) is 4.78. The van der Waals surface area contributed by atoms with Crippen molar-refractivity contribution in [1.29, 1.82) is 0 Å². The molecule has 0 spiro atoms. The molecule has 2 heterocycles. The van der Waals surface area contributed by atoms with E-state index in [0.29, 0.717) is 11.9 Å². The summed E-state index contributed by atoms with van der Waals surface area (Å²) in [4.78, 5) is 2.35. The molecular weight excluding hydrogens is 164 g/mol. The molecule has 1 aromatic rings. The lowest BCUT2D eigenvalue weighted by atomic mass is 10.0. The maximum absolute atomic E-state index is 5.59. The van der Waals surface area contributed by atoms with Gasteiger partial charge in [-0.25, -0.2) is 0 Å². The van der Waals surface area contributed by atoms with Gasteiger partial charge in [-0.2, -0.15) is 5.10 Å². The van der Waals surface area contributed by atoms with Gasteiger partial charge in [-0.15, -0.1) is 0 Å². The second-order valence-electron chi connectivity index (χ2n) is 3.74. The van der Waals surface area contributed by atoms with E-state index in [9.17, 15) is 0 Å². The maximum atomic E-state index is 5.59. The Morgan fingerprint density at radius 2 is 2.46 bits per heavy atom. The van der Waals surface area contributed by atoms with Gasteiger partial charge in [0.05, 0.1) is 11.7 Å². The number of nitrogens with one attached hydrogen (secondary N) is 1. The molecule has 0 aliphatic carbocycles. The van der Waals surface area contributed by atoms with Crippen LogP contribution in [-0.2, 0) is 0 Å². The van der Waals surface area contributed by atoms with Crippen LogP contribution in [0.5, 0.6) is 0 Å². The molecule has 1 aliphatic heterocycles. The lowest BCUT2D eigenvalue weighted by Crippen LogP contribution is -2.29. The summed E-state index contributed by atoms with van der Waals surface area (Å²) in [6, 6.07) is 2.40. The number of rotatable bonds is 1. The molecule has 0 radical (unpaired) electrons. The summed E-state index contributed by atoms with van der Waals surface area (Å²) < 4.78 is 0. The summed E-state index contributed by atoms with van der Waals surface area (Å²) in [5.41, 5.74) is 6.68. The molecule has 0 amide bonds. The van der Waals surface area contributed by atoms with Gasteiger partial charge < -0.3 is 5.73 Å². The van der Waals surface area contributed by atoms with Crippen LogP contribution in [0.25, 0.3) is 0 Å². The van der Waals surface area contributed by atoms with Gasteiger partial charge in [0.25, 0.3) is 0 Å².